The molecule has 0 unspecified atom stereocenters. The maximum absolute atomic E-state index is 13.8. The van der Waals surface area contributed by atoms with E-state index in [1.165, 1.54) is 24.5 Å². The third kappa shape index (κ3) is 3.04. The summed E-state index contributed by atoms with van der Waals surface area (Å²) in [4.78, 5) is 23.3. The lowest BCUT2D eigenvalue weighted by atomic mass is 10.1. The molecule has 0 bridgehead atoms. The van der Waals surface area contributed by atoms with Gasteiger partial charge in [0.2, 0.25) is 0 Å². The van der Waals surface area contributed by atoms with Crippen molar-refractivity contribution in [2.45, 2.75) is 5.03 Å². The number of carboxylic acid groups (broad SMARTS) is 1. The van der Waals surface area contributed by atoms with Gasteiger partial charge in [-0.05, 0) is 18.2 Å². The number of hydrogen-bond donors (Lipinski definition) is 1. The lowest BCUT2D eigenvalue weighted by Crippen LogP contribution is -1.99. The number of pyridine rings is 1. The molecule has 0 radical (unpaired) electrons. The molecule has 0 atom stereocenters. The van der Waals surface area contributed by atoms with E-state index in [0.29, 0.717) is 27.2 Å². The zero-order chi connectivity index (χ0) is 15.5. The predicted octanol–water partition coefficient (Wildman–Crippen LogP) is 3.01. The summed E-state index contributed by atoms with van der Waals surface area (Å²) in [5, 5.41) is 9.85. The van der Waals surface area contributed by atoms with Crippen LogP contribution in [-0.4, -0.2) is 31.8 Å². The van der Waals surface area contributed by atoms with Crippen molar-refractivity contribution in [2.75, 3.05) is 5.75 Å². The number of carboxylic acids is 1. The fourth-order valence-electron chi connectivity index (χ4n) is 2.03. The summed E-state index contributed by atoms with van der Waals surface area (Å²) >= 11 is 1.06. The SMILES string of the molecule is O=C(O)CSc1cncc(-c2cc(F)cc3cccnc23)n1. The van der Waals surface area contributed by atoms with Gasteiger partial charge >= 0.3 is 5.97 Å². The third-order valence-corrected chi connectivity index (χ3v) is 3.79. The largest absolute Gasteiger partial charge is 0.481 e. The minimum Gasteiger partial charge on any atom is -0.481 e. The van der Waals surface area contributed by atoms with Gasteiger partial charge in [-0.2, -0.15) is 0 Å². The fraction of sp³-hybridized carbons (Fsp3) is 0.0667. The Labute approximate surface area is 129 Å². The first-order chi connectivity index (χ1) is 10.6. The quantitative estimate of drug-likeness (QED) is 0.746. The van der Waals surface area contributed by atoms with Crippen molar-refractivity contribution in [3.63, 3.8) is 0 Å². The van der Waals surface area contributed by atoms with E-state index in [2.05, 4.69) is 15.0 Å². The number of halogens is 1. The van der Waals surface area contributed by atoms with Crippen LogP contribution in [0, 0.1) is 5.82 Å². The molecule has 0 aliphatic carbocycles. The zero-order valence-corrected chi connectivity index (χ0v) is 12.0. The number of hydrogen-bond acceptors (Lipinski definition) is 5. The van der Waals surface area contributed by atoms with Crippen LogP contribution in [0.2, 0.25) is 0 Å². The summed E-state index contributed by atoms with van der Waals surface area (Å²) in [6.45, 7) is 0. The molecule has 0 saturated carbocycles. The van der Waals surface area contributed by atoms with E-state index in [1.54, 1.807) is 18.3 Å². The van der Waals surface area contributed by atoms with Gasteiger partial charge in [0.25, 0.3) is 0 Å². The lowest BCUT2D eigenvalue weighted by molar-refractivity contribution is -0.133. The highest BCUT2D eigenvalue weighted by molar-refractivity contribution is 7.99. The topological polar surface area (TPSA) is 76.0 Å². The van der Waals surface area contributed by atoms with E-state index in [-0.39, 0.29) is 11.6 Å². The molecule has 0 aliphatic heterocycles. The number of benzene rings is 1. The lowest BCUT2D eigenvalue weighted by Gasteiger charge is -2.07. The highest BCUT2D eigenvalue weighted by Gasteiger charge is 2.11. The summed E-state index contributed by atoms with van der Waals surface area (Å²) in [6, 6.07) is 6.26. The van der Waals surface area contributed by atoms with Crippen LogP contribution in [0.3, 0.4) is 0 Å². The highest BCUT2D eigenvalue weighted by Crippen LogP contribution is 2.28. The standard InChI is InChI=1S/C15H10FN3O2S/c16-10-4-9-2-1-3-18-15(9)11(5-10)12-6-17-7-13(19-12)22-8-14(20)21/h1-7H,8H2,(H,20,21). The van der Waals surface area contributed by atoms with Crippen LogP contribution in [0.25, 0.3) is 22.2 Å². The van der Waals surface area contributed by atoms with Crippen LogP contribution in [0.1, 0.15) is 0 Å². The molecule has 2 heterocycles. The maximum atomic E-state index is 13.8. The van der Waals surface area contributed by atoms with E-state index in [1.807, 2.05) is 0 Å². The number of aromatic nitrogens is 3. The number of rotatable bonds is 4. The Kier molecular flexibility index (Phi) is 3.97. The van der Waals surface area contributed by atoms with Crippen molar-refractivity contribution in [1.82, 2.24) is 15.0 Å². The van der Waals surface area contributed by atoms with Crippen molar-refractivity contribution in [3.05, 3.63) is 48.7 Å². The highest BCUT2D eigenvalue weighted by atomic mass is 32.2. The van der Waals surface area contributed by atoms with Crippen LogP contribution in [0.4, 0.5) is 4.39 Å². The first-order valence-corrected chi connectivity index (χ1v) is 7.33. The Balaban J connectivity index is 2.07. The molecule has 7 heteroatoms. The number of fused-ring (bicyclic) bond motifs is 1. The Bertz CT molecular complexity index is 857. The minimum absolute atomic E-state index is 0.111. The molecule has 3 aromatic rings. The van der Waals surface area contributed by atoms with Gasteiger partial charge in [-0.3, -0.25) is 14.8 Å². The van der Waals surface area contributed by atoms with Gasteiger partial charge in [-0.1, -0.05) is 17.8 Å². The number of nitrogens with zero attached hydrogens (tertiary/aromatic N) is 3. The van der Waals surface area contributed by atoms with E-state index in [4.69, 9.17) is 5.11 Å². The molecule has 110 valence electrons. The van der Waals surface area contributed by atoms with Crippen molar-refractivity contribution in [3.8, 4) is 11.3 Å². The van der Waals surface area contributed by atoms with E-state index in [0.717, 1.165) is 11.8 Å². The summed E-state index contributed by atoms with van der Waals surface area (Å²) in [6.07, 6.45) is 4.61. The van der Waals surface area contributed by atoms with E-state index in [9.17, 15) is 9.18 Å². The second-order valence-electron chi connectivity index (χ2n) is 4.45. The van der Waals surface area contributed by atoms with Crippen LogP contribution in [0.15, 0.2) is 47.9 Å². The summed E-state index contributed by atoms with van der Waals surface area (Å²) in [7, 11) is 0. The number of aliphatic carboxylic acids is 1. The summed E-state index contributed by atoms with van der Waals surface area (Å²) in [5.41, 5.74) is 1.61. The van der Waals surface area contributed by atoms with Gasteiger partial charge in [0.05, 0.1) is 29.4 Å². The normalized spacial score (nSPS) is 10.8. The number of thioether (sulfide) groups is 1. The van der Waals surface area contributed by atoms with Crippen LogP contribution >= 0.6 is 11.8 Å². The second-order valence-corrected chi connectivity index (χ2v) is 5.45. The van der Waals surface area contributed by atoms with Crippen LogP contribution in [-0.2, 0) is 4.79 Å². The molecule has 0 saturated heterocycles. The van der Waals surface area contributed by atoms with Crippen molar-refractivity contribution < 1.29 is 14.3 Å². The van der Waals surface area contributed by atoms with E-state index >= 15 is 0 Å². The molecule has 0 fully saturated rings. The van der Waals surface area contributed by atoms with Gasteiger partial charge in [0.1, 0.15) is 10.8 Å². The second kappa shape index (κ2) is 6.07. The van der Waals surface area contributed by atoms with Gasteiger partial charge < -0.3 is 5.11 Å². The molecular formula is C15H10FN3O2S. The molecule has 5 nitrogen and oxygen atoms in total. The number of carbonyl (C=O) groups is 1. The molecule has 22 heavy (non-hydrogen) atoms. The minimum atomic E-state index is -0.935. The molecule has 2 aromatic heterocycles. The molecular weight excluding hydrogens is 305 g/mol. The average Bonchev–Trinajstić information content (AvgIpc) is 2.52. The Morgan fingerprint density at radius 1 is 1.32 bits per heavy atom. The predicted molar refractivity (Wildman–Crippen MR) is 81.1 cm³/mol. The van der Waals surface area contributed by atoms with E-state index < -0.39 is 5.97 Å². The van der Waals surface area contributed by atoms with Gasteiger partial charge in [-0.15, -0.1) is 0 Å². The van der Waals surface area contributed by atoms with Crippen molar-refractivity contribution >= 4 is 28.6 Å². The molecule has 1 N–H and O–H groups in total. The monoisotopic (exact) mass is 315 g/mol. The first-order valence-electron chi connectivity index (χ1n) is 6.35. The molecule has 0 amide bonds. The Hall–Kier alpha value is -2.54. The van der Waals surface area contributed by atoms with Gasteiger partial charge in [0.15, 0.2) is 0 Å². The molecule has 0 aliphatic rings. The molecule has 0 spiro atoms. The smallest absolute Gasteiger partial charge is 0.313 e. The first kappa shape index (κ1) is 14.4. The third-order valence-electron chi connectivity index (χ3n) is 2.90. The van der Waals surface area contributed by atoms with Crippen molar-refractivity contribution in [1.29, 1.82) is 0 Å². The van der Waals surface area contributed by atoms with Gasteiger partial charge in [-0.25, -0.2) is 9.37 Å². The maximum Gasteiger partial charge on any atom is 0.313 e. The summed E-state index contributed by atoms with van der Waals surface area (Å²) < 4.78 is 13.8. The Morgan fingerprint density at radius 2 is 2.18 bits per heavy atom. The molecule has 1 aromatic carbocycles. The zero-order valence-electron chi connectivity index (χ0n) is 11.2. The average molecular weight is 315 g/mol. The van der Waals surface area contributed by atoms with Crippen molar-refractivity contribution in [2.24, 2.45) is 0 Å². The molecule has 3 rings (SSSR count). The summed E-state index contributed by atoms with van der Waals surface area (Å²) in [5.74, 6) is -1.43. The van der Waals surface area contributed by atoms with Crippen LogP contribution in [0.5, 0.6) is 0 Å². The fourth-order valence-corrected chi connectivity index (χ4v) is 2.60. The van der Waals surface area contributed by atoms with Crippen LogP contribution < -0.4 is 0 Å². The Morgan fingerprint density at radius 3 is 3.00 bits per heavy atom. The van der Waals surface area contributed by atoms with Gasteiger partial charge in [0, 0.05) is 17.1 Å².